The Morgan fingerprint density at radius 2 is 2.06 bits per heavy atom. The van der Waals surface area contributed by atoms with Crippen molar-refractivity contribution in [2.24, 2.45) is 10.7 Å². The summed E-state index contributed by atoms with van der Waals surface area (Å²) in [6.07, 6.45) is 5.85. The number of carbonyl (C=O) groups excluding carboxylic acids is 1. The van der Waals surface area contributed by atoms with Crippen LogP contribution in [0.3, 0.4) is 0 Å². The summed E-state index contributed by atoms with van der Waals surface area (Å²) in [7, 11) is 0. The first-order valence-electron chi connectivity index (χ1n) is 6.55. The van der Waals surface area contributed by atoms with Gasteiger partial charge in [-0.15, -0.1) is 0 Å². The van der Waals surface area contributed by atoms with Crippen molar-refractivity contribution in [3.05, 3.63) is 12.2 Å². The first-order chi connectivity index (χ1) is 8.58. The summed E-state index contributed by atoms with van der Waals surface area (Å²) in [5.41, 5.74) is 6.59. The molecule has 0 unspecified atom stereocenters. The maximum atomic E-state index is 11.6. The smallest absolute Gasteiger partial charge is 0.242 e. The van der Waals surface area contributed by atoms with Gasteiger partial charge in [0.15, 0.2) is 5.96 Å². The summed E-state index contributed by atoms with van der Waals surface area (Å²) < 4.78 is 0. The molecule has 0 aromatic heterocycles. The summed E-state index contributed by atoms with van der Waals surface area (Å²) in [5, 5.41) is 5.88. The van der Waals surface area contributed by atoms with E-state index in [1.165, 1.54) is 19.3 Å². The average molecular weight is 252 g/mol. The van der Waals surface area contributed by atoms with Crippen LogP contribution in [0.2, 0.25) is 0 Å². The first kappa shape index (κ1) is 14.5. The van der Waals surface area contributed by atoms with Gasteiger partial charge in [0.2, 0.25) is 5.91 Å². The maximum absolute atomic E-state index is 11.6. The minimum absolute atomic E-state index is 0.0537. The van der Waals surface area contributed by atoms with Crippen LogP contribution in [-0.2, 0) is 4.79 Å². The summed E-state index contributed by atoms with van der Waals surface area (Å²) in [5.74, 6) is 0.235. The van der Waals surface area contributed by atoms with Gasteiger partial charge in [0.05, 0.1) is 0 Å². The molecule has 1 rings (SSSR count). The van der Waals surface area contributed by atoms with Crippen molar-refractivity contribution in [1.29, 1.82) is 0 Å². The van der Waals surface area contributed by atoms with E-state index in [1.807, 2.05) is 6.92 Å². The number of guanidine groups is 1. The number of hydrogen-bond acceptors (Lipinski definition) is 2. The highest BCUT2D eigenvalue weighted by Crippen LogP contribution is 2.17. The average Bonchev–Trinajstić information content (AvgIpc) is 2.35. The molecular weight excluding hydrogens is 228 g/mol. The van der Waals surface area contributed by atoms with Crippen LogP contribution in [-0.4, -0.2) is 31.0 Å². The fourth-order valence-electron chi connectivity index (χ4n) is 1.97. The molecule has 1 fully saturated rings. The Bertz CT molecular complexity index is 319. The third kappa shape index (κ3) is 6.27. The van der Waals surface area contributed by atoms with Gasteiger partial charge < -0.3 is 16.4 Å². The molecule has 18 heavy (non-hydrogen) atoms. The van der Waals surface area contributed by atoms with Gasteiger partial charge >= 0.3 is 0 Å². The van der Waals surface area contributed by atoms with E-state index >= 15 is 0 Å². The van der Waals surface area contributed by atoms with Gasteiger partial charge in [0, 0.05) is 12.6 Å². The lowest BCUT2D eigenvalue weighted by Crippen LogP contribution is -2.39. The standard InChI is InChI=1S/C13H24N4O/c1-10(2)8-15-13(14)16-9-12(18)17-11-6-4-3-5-7-11/h11H,1,3-9H2,2H3,(H,17,18)(H3,14,15,16). The number of rotatable bonds is 5. The second-order valence-corrected chi connectivity index (χ2v) is 4.91. The van der Waals surface area contributed by atoms with E-state index in [1.54, 1.807) is 0 Å². The highest BCUT2D eigenvalue weighted by atomic mass is 16.1. The van der Waals surface area contributed by atoms with Gasteiger partial charge in [-0.25, -0.2) is 4.99 Å². The van der Waals surface area contributed by atoms with Crippen molar-refractivity contribution in [3.8, 4) is 0 Å². The molecule has 5 heteroatoms. The topological polar surface area (TPSA) is 79.5 Å². The third-order valence-corrected chi connectivity index (χ3v) is 2.93. The normalized spacial score (nSPS) is 17.3. The lowest BCUT2D eigenvalue weighted by Gasteiger charge is -2.22. The van der Waals surface area contributed by atoms with Gasteiger partial charge in [-0.05, 0) is 19.8 Å². The van der Waals surface area contributed by atoms with Gasteiger partial charge in [0.1, 0.15) is 6.54 Å². The lowest BCUT2D eigenvalue weighted by atomic mass is 9.95. The van der Waals surface area contributed by atoms with Crippen molar-refractivity contribution in [1.82, 2.24) is 10.6 Å². The van der Waals surface area contributed by atoms with E-state index in [0.29, 0.717) is 12.6 Å². The van der Waals surface area contributed by atoms with E-state index in [4.69, 9.17) is 5.73 Å². The van der Waals surface area contributed by atoms with Crippen LogP contribution >= 0.6 is 0 Å². The summed E-state index contributed by atoms with van der Waals surface area (Å²) in [6, 6.07) is 0.325. The minimum Gasteiger partial charge on any atom is -0.370 e. The highest BCUT2D eigenvalue weighted by Gasteiger charge is 2.15. The fourth-order valence-corrected chi connectivity index (χ4v) is 1.97. The molecule has 0 aromatic carbocycles. The molecule has 0 saturated heterocycles. The lowest BCUT2D eigenvalue weighted by molar-refractivity contribution is -0.120. The fraction of sp³-hybridized carbons (Fsp3) is 0.692. The van der Waals surface area contributed by atoms with Crippen LogP contribution in [0.5, 0.6) is 0 Å². The van der Waals surface area contributed by atoms with Crippen LogP contribution in [0.25, 0.3) is 0 Å². The highest BCUT2D eigenvalue weighted by molar-refractivity contribution is 5.84. The zero-order valence-corrected chi connectivity index (χ0v) is 11.2. The predicted molar refractivity (Wildman–Crippen MR) is 74.3 cm³/mol. The van der Waals surface area contributed by atoms with Gasteiger partial charge in [-0.1, -0.05) is 31.4 Å². The molecule has 0 radical (unpaired) electrons. The number of hydrogen-bond donors (Lipinski definition) is 3. The Morgan fingerprint density at radius 1 is 1.39 bits per heavy atom. The Kier molecular flexibility index (Phi) is 6.25. The second-order valence-electron chi connectivity index (χ2n) is 4.91. The van der Waals surface area contributed by atoms with Gasteiger partial charge in [0.25, 0.3) is 0 Å². The summed E-state index contributed by atoms with van der Waals surface area (Å²) in [6.45, 7) is 6.32. The Labute approximate surface area is 109 Å². The van der Waals surface area contributed by atoms with Crippen molar-refractivity contribution in [2.45, 2.75) is 45.1 Å². The molecule has 5 nitrogen and oxygen atoms in total. The minimum atomic E-state index is -0.0537. The monoisotopic (exact) mass is 252 g/mol. The van der Waals surface area contributed by atoms with Crippen LogP contribution < -0.4 is 16.4 Å². The van der Waals surface area contributed by atoms with Gasteiger partial charge in [-0.2, -0.15) is 0 Å². The van der Waals surface area contributed by atoms with E-state index in [2.05, 4.69) is 22.2 Å². The molecule has 0 atom stereocenters. The molecule has 1 aliphatic carbocycles. The number of nitrogens with zero attached hydrogens (tertiary/aromatic N) is 1. The molecule has 4 N–H and O–H groups in total. The Morgan fingerprint density at radius 3 is 2.67 bits per heavy atom. The molecule has 0 aromatic rings. The van der Waals surface area contributed by atoms with Crippen LogP contribution in [0.15, 0.2) is 17.1 Å². The predicted octanol–water partition coefficient (Wildman–Crippen LogP) is 0.916. The molecule has 102 valence electrons. The van der Waals surface area contributed by atoms with Crippen molar-refractivity contribution in [3.63, 3.8) is 0 Å². The zero-order valence-electron chi connectivity index (χ0n) is 11.2. The molecule has 1 aliphatic rings. The largest absolute Gasteiger partial charge is 0.370 e. The van der Waals surface area contributed by atoms with Crippen molar-refractivity contribution >= 4 is 11.9 Å². The second kappa shape index (κ2) is 7.74. The molecule has 1 saturated carbocycles. The Balaban J connectivity index is 2.22. The van der Waals surface area contributed by atoms with Gasteiger partial charge in [-0.3, -0.25) is 4.79 Å². The van der Waals surface area contributed by atoms with E-state index in [9.17, 15) is 4.79 Å². The number of nitrogens with one attached hydrogen (secondary N) is 2. The van der Waals surface area contributed by atoms with E-state index in [0.717, 1.165) is 18.4 Å². The molecule has 0 heterocycles. The Hall–Kier alpha value is -1.52. The maximum Gasteiger partial charge on any atom is 0.242 e. The third-order valence-electron chi connectivity index (χ3n) is 2.93. The number of amides is 1. The number of carbonyl (C=O) groups is 1. The first-order valence-corrected chi connectivity index (χ1v) is 6.55. The SMILES string of the molecule is C=C(C)CNC(N)=NCC(=O)NC1CCCCC1. The van der Waals surface area contributed by atoms with E-state index < -0.39 is 0 Å². The quantitative estimate of drug-likeness (QED) is 0.386. The van der Waals surface area contributed by atoms with Crippen LogP contribution in [0.4, 0.5) is 0 Å². The van der Waals surface area contributed by atoms with Crippen molar-refractivity contribution < 1.29 is 4.79 Å². The molecular formula is C13H24N4O. The zero-order chi connectivity index (χ0) is 13.4. The summed E-state index contributed by atoms with van der Waals surface area (Å²) in [4.78, 5) is 15.6. The van der Waals surface area contributed by atoms with Crippen LogP contribution in [0.1, 0.15) is 39.0 Å². The number of nitrogens with two attached hydrogens (primary N) is 1. The molecule has 0 aliphatic heterocycles. The van der Waals surface area contributed by atoms with Crippen molar-refractivity contribution in [2.75, 3.05) is 13.1 Å². The molecule has 0 bridgehead atoms. The molecule has 0 spiro atoms. The van der Waals surface area contributed by atoms with Crippen LogP contribution in [0, 0.1) is 0 Å². The molecule has 1 amide bonds. The number of aliphatic imine (C=N–C) groups is 1. The van der Waals surface area contributed by atoms with E-state index in [-0.39, 0.29) is 18.4 Å². The summed E-state index contributed by atoms with van der Waals surface area (Å²) >= 11 is 0.